The van der Waals surface area contributed by atoms with Gasteiger partial charge in [0.25, 0.3) is 0 Å². The summed E-state index contributed by atoms with van der Waals surface area (Å²) in [5, 5.41) is 63.9. The molecular weight excluding hydrogens is 772 g/mol. The van der Waals surface area contributed by atoms with Crippen molar-refractivity contribution in [3.63, 3.8) is 0 Å². The van der Waals surface area contributed by atoms with Crippen molar-refractivity contribution in [2.75, 3.05) is 41.0 Å². The number of carbonyl (C=O) groups is 1. The van der Waals surface area contributed by atoms with Crippen molar-refractivity contribution in [1.29, 1.82) is 0 Å². The Balaban J connectivity index is 1.83. The van der Waals surface area contributed by atoms with E-state index in [0.29, 0.717) is 31.8 Å². The Labute approximate surface area is 350 Å². The lowest BCUT2D eigenvalue weighted by Gasteiger charge is -2.49. The highest BCUT2D eigenvalue weighted by Crippen LogP contribution is 2.41. The average Bonchev–Trinajstić information content (AvgIpc) is 3.69. The van der Waals surface area contributed by atoms with Crippen molar-refractivity contribution in [2.45, 2.75) is 192 Å². The van der Waals surface area contributed by atoms with E-state index in [1.807, 2.05) is 32.8 Å². The Morgan fingerprint density at radius 2 is 1.54 bits per heavy atom. The fraction of sp³-hybridized carbons (Fsp3) is 0.952. The number of oxime groups is 1. The van der Waals surface area contributed by atoms with Crippen LogP contribution < -0.4 is 0 Å². The molecule has 4 saturated heterocycles. The van der Waals surface area contributed by atoms with Crippen LogP contribution in [0.25, 0.3) is 0 Å². The van der Waals surface area contributed by atoms with Gasteiger partial charge in [0, 0.05) is 43.7 Å². The second-order valence-electron chi connectivity index (χ2n) is 18.4. The number of aliphatic hydroxyl groups is 5. The molecule has 2 unspecified atom stereocenters. The average molecular weight is 849 g/mol. The van der Waals surface area contributed by atoms with Crippen molar-refractivity contribution >= 4 is 11.7 Å². The summed E-state index contributed by atoms with van der Waals surface area (Å²) >= 11 is 0. The van der Waals surface area contributed by atoms with E-state index in [0.717, 1.165) is 0 Å². The molecule has 4 rings (SSSR count). The molecule has 4 fully saturated rings. The summed E-state index contributed by atoms with van der Waals surface area (Å²) in [5.41, 5.74) is -4.43. The van der Waals surface area contributed by atoms with E-state index in [1.165, 1.54) is 14.0 Å². The highest BCUT2D eigenvalue weighted by molar-refractivity contribution is 5.88. The number of cyclic esters (lactones) is 1. The van der Waals surface area contributed by atoms with E-state index in [-0.39, 0.29) is 38.0 Å². The van der Waals surface area contributed by atoms with Crippen LogP contribution >= 0.6 is 0 Å². The standard InChI is InChI=1S/C42H76N2O15/c1-14-29-42(10,50)35(46)24(4)32(43-54-16-15-30-52-17-18-53-30)22(2)20-40(8,49)37(59-39-33(45)28(44(11)12)19-23(3)55-39)25(5)34(26(6)38(48)57-29)58-31-21-41(9,51-13)36(47)27(7)56-31/h22-31,33-37,39,45-47,49-50H,14-21H2,1-13H3/b43-32+/t22-,23-,24+,25+,26-,27+,28+,29?,31+,33-,34?,35-,36+,37-,39+,40-,41-,42-/m1/s1. The van der Waals surface area contributed by atoms with Crippen molar-refractivity contribution in [3.8, 4) is 0 Å². The number of likely N-dealkylation sites (N-methyl/N-ethyl adjacent to an activating group) is 1. The minimum absolute atomic E-state index is 0.0125. The van der Waals surface area contributed by atoms with Gasteiger partial charge in [0.1, 0.15) is 30.5 Å². The number of aliphatic hydroxyl groups excluding tert-OH is 3. The maximum Gasteiger partial charge on any atom is 0.311 e. The lowest BCUT2D eigenvalue weighted by Crippen LogP contribution is -2.61. The lowest BCUT2D eigenvalue weighted by molar-refractivity contribution is -0.317. The molecule has 0 bridgehead atoms. The third-order valence-corrected chi connectivity index (χ3v) is 13.2. The van der Waals surface area contributed by atoms with E-state index in [1.54, 1.807) is 48.5 Å². The number of hydrogen-bond donors (Lipinski definition) is 5. The van der Waals surface area contributed by atoms with Gasteiger partial charge in [-0.05, 0) is 74.9 Å². The van der Waals surface area contributed by atoms with Crippen molar-refractivity contribution < 1.29 is 73.1 Å². The normalized spacial score (nSPS) is 46.9. The van der Waals surface area contributed by atoms with Gasteiger partial charge in [0.15, 0.2) is 18.9 Å². The minimum Gasteiger partial charge on any atom is -0.459 e. The molecule has 0 spiro atoms. The molecule has 0 aromatic rings. The Hall–Kier alpha value is -1.58. The minimum atomic E-state index is -1.96. The van der Waals surface area contributed by atoms with E-state index in [2.05, 4.69) is 5.16 Å². The molecule has 17 nitrogen and oxygen atoms in total. The molecule has 4 aliphatic heterocycles. The number of esters is 1. The van der Waals surface area contributed by atoms with Gasteiger partial charge in [-0.3, -0.25) is 4.79 Å². The largest absolute Gasteiger partial charge is 0.459 e. The van der Waals surface area contributed by atoms with Gasteiger partial charge in [0.2, 0.25) is 0 Å². The first-order chi connectivity index (χ1) is 27.5. The molecule has 0 aliphatic carbocycles. The molecule has 18 atom stereocenters. The number of carbonyl (C=O) groups excluding carboxylic acids is 1. The topological polar surface area (TPSA) is 217 Å². The zero-order chi connectivity index (χ0) is 44.2. The number of methoxy groups -OCH3 is 1. The fourth-order valence-electron chi connectivity index (χ4n) is 9.44. The Morgan fingerprint density at radius 3 is 2.14 bits per heavy atom. The summed E-state index contributed by atoms with van der Waals surface area (Å²) in [6.45, 7) is 18.2. The summed E-state index contributed by atoms with van der Waals surface area (Å²) in [6, 6.07) is -0.324. The molecule has 344 valence electrons. The van der Waals surface area contributed by atoms with Gasteiger partial charge in [0.05, 0.1) is 66.6 Å². The molecule has 59 heavy (non-hydrogen) atoms. The number of nitrogens with zero attached hydrogens (tertiary/aromatic N) is 2. The van der Waals surface area contributed by atoms with E-state index in [9.17, 15) is 30.3 Å². The van der Waals surface area contributed by atoms with Crippen molar-refractivity contribution in [3.05, 3.63) is 0 Å². The van der Waals surface area contributed by atoms with Gasteiger partial charge in [-0.1, -0.05) is 32.9 Å². The molecule has 0 amide bonds. The third kappa shape index (κ3) is 11.7. The quantitative estimate of drug-likeness (QED) is 0.115. The van der Waals surface area contributed by atoms with Gasteiger partial charge >= 0.3 is 5.97 Å². The summed E-state index contributed by atoms with van der Waals surface area (Å²) < 4.78 is 48.8. The van der Waals surface area contributed by atoms with Crippen molar-refractivity contribution in [1.82, 2.24) is 4.90 Å². The number of rotatable bonds is 11. The second-order valence-corrected chi connectivity index (χ2v) is 18.4. The highest BCUT2D eigenvalue weighted by Gasteiger charge is 2.53. The van der Waals surface area contributed by atoms with E-state index < -0.39 is 108 Å². The fourth-order valence-corrected chi connectivity index (χ4v) is 9.44. The molecule has 0 saturated carbocycles. The van der Waals surface area contributed by atoms with Crippen molar-refractivity contribution in [2.24, 2.45) is 28.8 Å². The second kappa shape index (κ2) is 20.7. The van der Waals surface area contributed by atoms with Gasteiger partial charge < -0.3 is 73.2 Å². The van der Waals surface area contributed by atoms with Crippen LogP contribution in [0, 0.1) is 23.7 Å². The van der Waals surface area contributed by atoms with Gasteiger partial charge in [-0.2, -0.15) is 0 Å². The van der Waals surface area contributed by atoms with Gasteiger partial charge in [-0.15, -0.1) is 0 Å². The van der Waals surface area contributed by atoms with E-state index in [4.69, 9.17) is 42.7 Å². The number of ether oxygens (including phenoxy) is 8. The van der Waals surface area contributed by atoms with Crippen LogP contribution in [0.2, 0.25) is 0 Å². The van der Waals surface area contributed by atoms with Crippen LogP contribution in [0.5, 0.6) is 0 Å². The lowest BCUT2D eigenvalue weighted by atomic mass is 9.73. The first-order valence-electron chi connectivity index (χ1n) is 21.4. The predicted octanol–water partition coefficient (Wildman–Crippen LogP) is 2.35. The summed E-state index contributed by atoms with van der Waals surface area (Å²) in [5.74, 6) is -4.08. The third-order valence-electron chi connectivity index (χ3n) is 13.2. The van der Waals surface area contributed by atoms with E-state index >= 15 is 0 Å². The Kier molecular flexibility index (Phi) is 17.6. The van der Waals surface area contributed by atoms with Crippen LogP contribution in [0.15, 0.2) is 5.16 Å². The monoisotopic (exact) mass is 849 g/mol. The smallest absolute Gasteiger partial charge is 0.311 e. The first-order valence-corrected chi connectivity index (χ1v) is 21.4. The summed E-state index contributed by atoms with van der Waals surface area (Å²) in [7, 11) is 5.23. The van der Waals surface area contributed by atoms with Crippen LogP contribution in [0.3, 0.4) is 0 Å². The first kappa shape index (κ1) is 50.1. The maximum absolute atomic E-state index is 14.4. The van der Waals surface area contributed by atoms with Gasteiger partial charge in [-0.25, -0.2) is 0 Å². The predicted molar refractivity (Wildman–Crippen MR) is 215 cm³/mol. The molecule has 5 N–H and O–H groups in total. The Morgan fingerprint density at radius 1 is 0.898 bits per heavy atom. The molecule has 0 aromatic carbocycles. The molecular formula is C42H76N2O15. The zero-order valence-corrected chi connectivity index (χ0v) is 37.6. The van der Waals surface area contributed by atoms with Crippen LogP contribution in [-0.4, -0.2) is 174 Å². The van der Waals surface area contributed by atoms with Crippen LogP contribution in [0.4, 0.5) is 0 Å². The molecule has 4 aliphatic rings. The summed E-state index contributed by atoms with van der Waals surface area (Å²) in [6.07, 6.45) is -9.43. The van der Waals surface area contributed by atoms with Crippen LogP contribution in [-0.2, 0) is 47.5 Å². The summed E-state index contributed by atoms with van der Waals surface area (Å²) in [4.78, 5) is 22.1. The Bertz CT molecular complexity index is 1360. The van der Waals surface area contributed by atoms with Crippen LogP contribution in [0.1, 0.15) is 101 Å². The number of hydrogen-bond acceptors (Lipinski definition) is 17. The SMILES string of the molecule is CCC1OC(=O)[C@H](C)C(O[C@H]2C[C@@](C)(OC)[C@@H](O)[C@H](C)O2)[C@H](C)[C@@H](O[C@@H]2O[C@H](C)C[C@H](N(C)C)[C@H]2O)[C@](C)(O)C[C@@H](C)/C(=N\OCCC2OCCO2)[C@H](C)[C@@H](O)[C@]1(C)O. The molecule has 0 aromatic heterocycles. The molecule has 17 heteroatoms. The maximum atomic E-state index is 14.4. The molecule has 4 heterocycles. The zero-order valence-electron chi connectivity index (χ0n) is 37.6. The molecule has 0 radical (unpaired) electrons. The highest BCUT2D eigenvalue weighted by atomic mass is 16.7.